The number of rotatable bonds is 1. The lowest BCUT2D eigenvalue weighted by atomic mass is 9.65. The quantitative estimate of drug-likeness (QED) is 0.592. The molecule has 0 aromatic rings. The Balaban J connectivity index is 2.77. The summed E-state index contributed by atoms with van der Waals surface area (Å²) in [7, 11) is 0. The normalized spacial score (nSPS) is 41.3. The Morgan fingerprint density at radius 2 is 2.18 bits per heavy atom. The van der Waals surface area contributed by atoms with Gasteiger partial charge in [-0.2, -0.15) is 0 Å². The third-order valence-corrected chi connectivity index (χ3v) is 2.33. The first-order valence-corrected chi connectivity index (χ1v) is 3.21. The lowest BCUT2D eigenvalue weighted by Crippen LogP contribution is -2.70. The largest absolute Gasteiger partial charge is 0.480 e. The molecular weight excluding hydrogens is 156 g/mol. The van der Waals surface area contributed by atoms with Gasteiger partial charge in [0, 0.05) is 12.3 Å². The fourth-order valence-corrected chi connectivity index (χ4v) is 1.20. The average Bonchev–Trinajstić information content (AvgIpc) is 1.86. The molecule has 0 amide bonds. The van der Waals surface area contributed by atoms with Gasteiger partial charge < -0.3 is 10.8 Å². The summed E-state index contributed by atoms with van der Waals surface area (Å²) < 4.78 is 24.9. The fourth-order valence-electron chi connectivity index (χ4n) is 1.20. The molecule has 1 aliphatic carbocycles. The smallest absolute Gasteiger partial charge is 0.324 e. The highest BCUT2D eigenvalue weighted by Gasteiger charge is 2.65. The summed E-state index contributed by atoms with van der Waals surface area (Å²) in [5.41, 5.74) is 3.47. The van der Waals surface area contributed by atoms with Crippen LogP contribution >= 0.6 is 0 Å². The summed E-state index contributed by atoms with van der Waals surface area (Å²) in [6.45, 7) is 1.15. The van der Waals surface area contributed by atoms with Crippen LogP contribution in [0.15, 0.2) is 0 Å². The molecule has 0 radical (unpaired) electrons. The highest BCUT2D eigenvalue weighted by molar-refractivity contribution is 5.81. The van der Waals surface area contributed by atoms with E-state index in [1.165, 1.54) is 0 Å². The van der Waals surface area contributed by atoms with Crippen molar-refractivity contribution in [2.24, 2.45) is 11.7 Å². The minimum absolute atomic E-state index is 0.753. The molecule has 2 unspecified atom stereocenters. The number of hydrogen-bond acceptors (Lipinski definition) is 2. The summed E-state index contributed by atoms with van der Waals surface area (Å²) in [5, 5.41) is 8.44. The van der Waals surface area contributed by atoms with Gasteiger partial charge in [0.15, 0.2) is 0 Å². The van der Waals surface area contributed by atoms with Gasteiger partial charge >= 0.3 is 5.97 Å². The minimum Gasteiger partial charge on any atom is -0.480 e. The van der Waals surface area contributed by atoms with Crippen LogP contribution in [-0.2, 0) is 4.79 Å². The molecule has 0 aliphatic heterocycles. The minimum atomic E-state index is -2.91. The van der Waals surface area contributed by atoms with Crippen LogP contribution in [-0.4, -0.2) is 22.5 Å². The van der Waals surface area contributed by atoms with E-state index >= 15 is 0 Å². The molecule has 0 aromatic carbocycles. The van der Waals surface area contributed by atoms with Gasteiger partial charge in [0.05, 0.1) is 0 Å². The van der Waals surface area contributed by atoms with Crippen LogP contribution in [0.1, 0.15) is 13.3 Å². The summed E-state index contributed by atoms with van der Waals surface area (Å²) >= 11 is 0. The Hall–Kier alpha value is -0.710. The number of halogens is 2. The predicted molar refractivity (Wildman–Crippen MR) is 33.3 cm³/mol. The van der Waals surface area contributed by atoms with E-state index < -0.39 is 29.8 Å². The molecule has 1 fully saturated rings. The van der Waals surface area contributed by atoms with Crippen LogP contribution in [0.5, 0.6) is 0 Å². The molecule has 3 nitrogen and oxygen atoms in total. The summed E-state index contributed by atoms with van der Waals surface area (Å²) in [4.78, 5) is 10.3. The molecule has 0 aromatic heterocycles. The van der Waals surface area contributed by atoms with Crippen LogP contribution in [0, 0.1) is 5.92 Å². The SMILES string of the molecule is CC1C(F)(F)CC1(N)C(=O)O. The maximum Gasteiger partial charge on any atom is 0.324 e. The molecule has 2 atom stereocenters. The van der Waals surface area contributed by atoms with E-state index in [4.69, 9.17) is 10.8 Å². The Bertz CT molecular complexity index is 207. The van der Waals surface area contributed by atoms with Crippen molar-refractivity contribution in [3.8, 4) is 0 Å². The Labute approximate surface area is 62.2 Å². The van der Waals surface area contributed by atoms with Gasteiger partial charge in [0.25, 0.3) is 5.92 Å². The van der Waals surface area contributed by atoms with Crippen molar-refractivity contribution < 1.29 is 18.7 Å². The van der Waals surface area contributed by atoms with Gasteiger partial charge in [-0.1, -0.05) is 6.92 Å². The number of carboxylic acids is 1. The van der Waals surface area contributed by atoms with Crippen LogP contribution in [0.4, 0.5) is 8.78 Å². The fraction of sp³-hybridized carbons (Fsp3) is 0.833. The van der Waals surface area contributed by atoms with Crippen LogP contribution in [0.2, 0.25) is 0 Å². The van der Waals surface area contributed by atoms with Crippen molar-refractivity contribution in [3.05, 3.63) is 0 Å². The number of carbonyl (C=O) groups is 1. The van der Waals surface area contributed by atoms with E-state index in [0.717, 1.165) is 6.92 Å². The Kier molecular flexibility index (Phi) is 1.46. The second-order valence-corrected chi connectivity index (χ2v) is 3.01. The Morgan fingerprint density at radius 1 is 1.73 bits per heavy atom. The molecule has 0 bridgehead atoms. The van der Waals surface area contributed by atoms with Crippen molar-refractivity contribution in [3.63, 3.8) is 0 Å². The number of nitrogens with two attached hydrogens (primary N) is 1. The van der Waals surface area contributed by atoms with Crippen LogP contribution < -0.4 is 5.73 Å². The molecule has 3 N–H and O–H groups in total. The molecule has 0 heterocycles. The zero-order valence-corrected chi connectivity index (χ0v) is 5.97. The molecule has 11 heavy (non-hydrogen) atoms. The van der Waals surface area contributed by atoms with E-state index in [-0.39, 0.29) is 0 Å². The van der Waals surface area contributed by atoms with Crippen molar-refractivity contribution in [1.29, 1.82) is 0 Å². The van der Waals surface area contributed by atoms with Gasteiger partial charge in [-0.15, -0.1) is 0 Å². The van der Waals surface area contributed by atoms with E-state index in [9.17, 15) is 13.6 Å². The maximum atomic E-state index is 12.4. The second kappa shape index (κ2) is 1.91. The molecule has 1 rings (SSSR count). The summed E-state index contributed by atoms with van der Waals surface area (Å²) in [5.74, 6) is -5.53. The van der Waals surface area contributed by atoms with Crippen molar-refractivity contribution in [2.45, 2.75) is 24.8 Å². The van der Waals surface area contributed by atoms with Crippen molar-refractivity contribution in [1.82, 2.24) is 0 Å². The number of hydrogen-bond donors (Lipinski definition) is 2. The highest BCUT2D eigenvalue weighted by Crippen LogP contribution is 2.49. The average molecular weight is 165 g/mol. The van der Waals surface area contributed by atoms with E-state index in [2.05, 4.69) is 0 Å². The molecule has 0 saturated heterocycles. The number of aliphatic carboxylic acids is 1. The van der Waals surface area contributed by atoms with Crippen molar-refractivity contribution in [2.75, 3.05) is 0 Å². The van der Waals surface area contributed by atoms with Gasteiger partial charge in [-0.3, -0.25) is 4.79 Å². The zero-order chi connectivity index (χ0) is 8.86. The lowest BCUT2D eigenvalue weighted by Gasteiger charge is -2.47. The monoisotopic (exact) mass is 165 g/mol. The van der Waals surface area contributed by atoms with E-state index in [1.807, 2.05) is 0 Å². The first-order chi connectivity index (χ1) is 4.81. The van der Waals surface area contributed by atoms with Gasteiger partial charge in [0.2, 0.25) is 0 Å². The van der Waals surface area contributed by atoms with Gasteiger partial charge in [0.1, 0.15) is 5.54 Å². The Morgan fingerprint density at radius 3 is 2.27 bits per heavy atom. The molecular formula is C6H9F2NO2. The summed E-state index contributed by atoms with van der Waals surface area (Å²) in [6.07, 6.45) is -0.753. The number of carboxylic acid groups (broad SMARTS) is 1. The van der Waals surface area contributed by atoms with Crippen LogP contribution in [0.3, 0.4) is 0 Å². The standard InChI is InChI=1S/C6H9F2NO2/c1-3-5(9,4(10)11)2-6(3,7)8/h3H,2,9H2,1H3,(H,10,11). The lowest BCUT2D eigenvalue weighted by molar-refractivity contribution is -0.198. The molecule has 0 spiro atoms. The topological polar surface area (TPSA) is 63.3 Å². The highest BCUT2D eigenvalue weighted by atomic mass is 19.3. The third kappa shape index (κ3) is 0.910. The zero-order valence-electron chi connectivity index (χ0n) is 5.97. The molecule has 1 aliphatic rings. The molecule has 5 heteroatoms. The van der Waals surface area contributed by atoms with Crippen LogP contribution in [0.25, 0.3) is 0 Å². The molecule has 64 valence electrons. The second-order valence-electron chi connectivity index (χ2n) is 3.01. The van der Waals surface area contributed by atoms with Gasteiger partial charge in [-0.05, 0) is 0 Å². The maximum absolute atomic E-state index is 12.4. The third-order valence-electron chi connectivity index (χ3n) is 2.33. The van der Waals surface area contributed by atoms with Crippen molar-refractivity contribution >= 4 is 5.97 Å². The van der Waals surface area contributed by atoms with E-state index in [0.29, 0.717) is 0 Å². The number of alkyl halides is 2. The first-order valence-electron chi connectivity index (χ1n) is 3.21. The van der Waals surface area contributed by atoms with E-state index in [1.54, 1.807) is 0 Å². The first kappa shape index (κ1) is 8.39. The molecule has 1 saturated carbocycles. The summed E-state index contributed by atoms with van der Waals surface area (Å²) in [6, 6.07) is 0. The van der Waals surface area contributed by atoms with Gasteiger partial charge in [-0.25, -0.2) is 8.78 Å². The predicted octanol–water partition coefficient (Wildman–Crippen LogP) is 0.444.